The summed E-state index contributed by atoms with van der Waals surface area (Å²) in [5.41, 5.74) is 3.96. The first kappa shape index (κ1) is 24.6. The molecule has 2 heterocycles. The first-order chi connectivity index (χ1) is 17.9. The van der Waals surface area contributed by atoms with E-state index in [9.17, 15) is 9.59 Å². The van der Waals surface area contributed by atoms with E-state index < -0.39 is 12.0 Å². The van der Waals surface area contributed by atoms with Crippen molar-refractivity contribution in [2.75, 3.05) is 14.2 Å². The number of carbonyl (C=O) groups excluding carboxylic acids is 2. The second-order valence-electron chi connectivity index (χ2n) is 10.0. The Kier molecular flexibility index (Phi) is 6.70. The molecule has 37 heavy (non-hydrogen) atoms. The van der Waals surface area contributed by atoms with E-state index in [2.05, 4.69) is 24.1 Å². The predicted molar refractivity (Wildman–Crippen MR) is 143 cm³/mol. The Morgan fingerprint density at radius 2 is 1.76 bits per heavy atom. The number of hydrogen-bond acceptors (Lipinski definition) is 4. The minimum absolute atomic E-state index is 0.100. The molecule has 3 aromatic carbocycles. The molecule has 190 valence electrons. The van der Waals surface area contributed by atoms with Crippen molar-refractivity contribution in [1.29, 1.82) is 0 Å². The van der Waals surface area contributed by atoms with Crippen LogP contribution in [0.15, 0.2) is 72.8 Å². The number of rotatable bonds is 7. The van der Waals surface area contributed by atoms with Crippen molar-refractivity contribution in [2.45, 2.75) is 38.3 Å². The van der Waals surface area contributed by atoms with E-state index >= 15 is 0 Å². The molecule has 0 spiro atoms. The molecular weight excluding hydrogens is 464 g/mol. The standard InChI is InChI=1S/C30H32N4O3/c1-18(2)17-25(28-31-23-11-7-8-12-24(23)32-28)33-29(35)26-21-9-5-6-10-22(21)30(36)34(3)27(26)19-13-15-20(37-4)16-14-19/h5-16,18,25-27H,17H2,1-4H3,(H,31,32)(H,33,35)/t25-,26-,27+/m0/s1. The maximum atomic E-state index is 14.2. The van der Waals surface area contributed by atoms with Gasteiger partial charge in [0.05, 0.1) is 36.1 Å². The smallest absolute Gasteiger partial charge is 0.254 e. The van der Waals surface area contributed by atoms with Gasteiger partial charge in [-0.1, -0.05) is 56.3 Å². The Hall–Kier alpha value is -4.13. The van der Waals surface area contributed by atoms with Gasteiger partial charge in [0.15, 0.2) is 0 Å². The van der Waals surface area contributed by atoms with Gasteiger partial charge in [-0.2, -0.15) is 0 Å². The number of nitrogens with zero attached hydrogens (tertiary/aromatic N) is 2. The summed E-state index contributed by atoms with van der Waals surface area (Å²) in [5.74, 6) is 0.954. The summed E-state index contributed by atoms with van der Waals surface area (Å²) in [6.07, 6.45) is 0.724. The first-order valence-electron chi connectivity index (χ1n) is 12.6. The Bertz CT molecular complexity index is 1390. The summed E-state index contributed by atoms with van der Waals surface area (Å²) >= 11 is 0. The number of methoxy groups -OCH3 is 1. The number of H-pyrrole nitrogens is 1. The van der Waals surface area contributed by atoms with Gasteiger partial charge in [0.25, 0.3) is 5.91 Å². The molecule has 1 aliphatic heterocycles. The zero-order chi connectivity index (χ0) is 26.1. The molecule has 0 saturated carbocycles. The van der Waals surface area contributed by atoms with Crippen LogP contribution in [0, 0.1) is 5.92 Å². The van der Waals surface area contributed by atoms with E-state index in [1.807, 2.05) is 66.7 Å². The van der Waals surface area contributed by atoms with Crippen molar-refractivity contribution in [2.24, 2.45) is 5.92 Å². The molecule has 7 nitrogen and oxygen atoms in total. The fourth-order valence-electron chi connectivity index (χ4n) is 5.28. The summed E-state index contributed by atoms with van der Waals surface area (Å²) in [6.45, 7) is 4.26. The number of hydrogen-bond donors (Lipinski definition) is 2. The zero-order valence-electron chi connectivity index (χ0n) is 21.6. The van der Waals surface area contributed by atoms with Gasteiger partial charge in [-0.3, -0.25) is 9.59 Å². The van der Waals surface area contributed by atoms with Crippen molar-refractivity contribution in [3.63, 3.8) is 0 Å². The largest absolute Gasteiger partial charge is 0.497 e. The van der Waals surface area contributed by atoms with Gasteiger partial charge in [-0.05, 0) is 53.8 Å². The molecular formula is C30H32N4O3. The third kappa shape index (κ3) is 4.69. The number of fused-ring (bicyclic) bond motifs is 2. The van der Waals surface area contributed by atoms with Crippen LogP contribution in [0.4, 0.5) is 0 Å². The molecule has 3 atom stereocenters. The van der Waals surface area contributed by atoms with E-state index in [0.29, 0.717) is 11.5 Å². The van der Waals surface area contributed by atoms with Crippen molar-refractivity contribution < 1.29 is 14.3 Å². The highest BCUT2D eigenvalue weighted by Crippen LogP contribution is 2.42. The number of likely N-dealkylation sites (N-methyl/N-ethyl adjacent to an activating group) is 1. The topological polar surface area (TPSA) is 87.3 Å². The lowest BCUT2D eigenvalue weighted by molar-refractivity contribution is -0.125. The molecule has 4 aromatic rings. The number of carbonyl (C=O) groups is 2. The average Bonchev–Trinajstić information content (AvgIpc) is 3.34. The molecule has 0 fully saturated rings. The molecule has 0 aliphatic carbocycles. The van der Waals surface area contributed by atoms with E-state index in [1.165, 1.54) is 0 Å². The van der Waals surface area contributed by atoms with Crippen LogP contribution in [0.5, 0.6) is 5.75 Å². The molecule has 1 aromatic heterocycles. The Balaban J connectivity index is 1.55. The van der Waals surface area contributed by atoms with Crippen molar-refractivity contribution in [3.8, 4) is 5.75 Å². The second kappa shape index (κ2) is 10.1. The third-order valence-electron chi connectivity index (χ3n) is 7.08. The van der Waals surface area contributed by atoms with Crippen LogP contribution in [0.1, 0.15) is 65.6 Å². The van der Waals surface area contributed by atoms with Gasteiger partial charge in [-0.25, -0.2) is 4.98 Å². The monoisotopic (exact) mass is 496 g/mol. The number of imidazole rings is 1. The molecule has 5 rings (SSSR count). The lowest BCUT2D eigenvalue weighted by Gasteiger charge is -2.40. The van der Waals surface area contributed by atoms with Gasteiger partial charge in [0.2, 0.25) is 5.91 Å². The molecule has 2 amide bonds. The number of benzene rings is 3. The fraction of sp³-hybridized carbons (Fsp3) is 0.300. The van der Waals surface area contributed by atoms with E-state index in [4.69, 9.17) is 9.72 Å². The summed E-state index contributed by atoms with van der Waals surface area (Å²) in [4.78, 5) is 37.4. The van der Waals surface area contributed by atoms with E-state index in [-0.39, 0.29) is 17.9 Å². The highest BCUT2D eigenvalue weighted by atomic mass is 16.5. The summed E-state index contributed by atoms with van der Waals surface area (Å²) in [6, 6.07) is 22.1. The molecule has 0 unspecified atom stereocenters. The van der Waals surface area contributed by atoms with Crippen molar-refractivity contribution in [3.05, 3.63) is 95.3 Å². The second-order valence-corrected chi connectivity index (χ2v) is 10.0. The summed E-state index contributed by atoms with van der Waals surface area (Å²) in [5, 5.41) is 3.30. The minimum atomic E-state index is -0.591. The molecule has 7 heteroatoms. The molecule has 0 saturated heterocycles. The SMILES string of the molecule is COc1ccc([C@@H]2[C@@H](C(=O)N[C@@H](CC(C)C)c3nc4ccccc4[nH]3)c3ccccc3C(=O)N2C)cc1. The van der Waals surface area contributed by atoms with E-state index in [0.717, 1.165) is 40.2 Å². The fourth-order valence-corrected chi connectivity index (χ4v) is 5.28. The number of aromatic amines is 1. The van der Waals surface area contributed by atoms with Gasteiger partial charge in [0.1, 0.15) is 11.6 Å². The number of nitrogens with one attached hydrogen (secondary N) is 2. The normalized spacial score (nSPS) is 18.1. The minimum Gasteiger partial charge on any atom is -0.497 e. The Morgan fingerprint density at radius 1 is 1.05 bits per heavy atom. The number of para-hydroxylation sites is 2. The van der Waals surface area contributed by atoms with Crippen LogP contribution >= 0.6 is 0 Å². The van der Waals surface area contributed by atoms with Crippen LogP contribution in [0.25, 0.3) is 11.0 Å². The van der Waals surface area contributed by atoms with Gasteiger partial charge in [0, 0.05) is 12.6 Å². The van der Waals surface area contributed by atoms with Gasteiger partial charge in [-0.15, -0.1) is 0 Å². The average molecular weight is 497 g/mol. The van der Waals surface area contributed by atoms with Gasteiger partial charge >= 0.3 is 0 Å². The highest BCUT2D eigenvalue weighted by Gasteiger charge is 2.43. The Labute approximate surface area is 216 Å². The lowest BCUT2D eigenvalue weighted by Crippen LogP contribution is -2.46. The first-order valence-corrected chi connectivity index (χ1v) is 12.6. The zero-order valence-corrected chi connectivity index (χ0v) is 21.6. The summed E-state index contributed by atoms with van der Waals surface area (Å²) in [7, 11) is 3.38. The van der Waals surface area contributed by atoms with Crippen molar-refractivity contribution >= 4 is 22.8 Å². The third-order valence-corrected chi connectivity index (χ3v) is 7.08. The lowest BCUT2D eigenvalue weighted by atomic mass is 9.79. The number of aromatic nitrogens is 2. The molecule has 2 N–H and O–H groups in total. The number of amides is 2. The molecule has 1 aliphatic rings. The molecule has 0 radical (unpaired) electrons. The number of ether oxygens (including phenoxy) is 1. The molecule has 0 bridgehead atoms. The predicted octanol–water partition coefficient (Wildman–Crippen LogP) is 5.39. The van der Waals surface area contributed by atoms with Crippen LogP contribution in [0.3, 0.4) is 0 Å². The highest BCUT2D eigenvalue weighted by molar-refractivity contribution is 6.01. The maximum Gasteiger partial charge on any atom is 0.254 e. The summed E-state index contributed by atoms with van der Waals surface area (Å²) < 4.78 is 5.33. The van der Waals surface area contributed by atoms with Crippen LogP contribution in [-0.2, 0) is 4.79 Å². The van der Waals surface area contributed by atoms with Crippen LogP contribution in [-0.4, -0.2) is 40.8 Å². The Morgan fingerprint density at radius 3 is 2.46 bits per heavy atom. The van der Waals surface area contributed by atoms with Gasteiger partial charge < -0.3 is 19.9 Å². The van der Waals surface area contributed by atoms with Crippen molar-refractivity contribution in [1.82, 2.24) is 20.2 Å². The quantitative estimate of drug-likeness (QED) is 0.359. The van der Waals surface area contributed by atoms with Crippen LogP contribution in [0.2, 0.25) is 0 Å². The van der Waals surface area contributed by atoms with Crippen LogP contribution < -0.4 is 10.1 Å². The maximum absolute atomic E-state index is 14.2. The van der Waals surface area contributed by atoms with E-state index in [1.54, 1.807) is 25.1 Å².